The lowest BCUT2D eigenvalue weighted by Gasteiger charge is -2.37. The highest BCUT2D eigenvalue weighted by Crippen LogP contribution is 2.28. The van der Waals surface area contributed by atoms with Gasteiger partial charge in [0.2, 0.25) is 0 Å². The van der Waals surface area contributed by atoms with Crippen molar-refractivity contribution in [3.05, 3.63) is 42.1 Å². The van der Waals surface area contributed by atoms with Gasteiger partial charge < -0.3 is 20.4 Å². The van der Waals surface area contributed by atoms with E-state index in [1.807, 2.05) is 29.1 Å². The Bertz CT molecular complexity index is 1020. The van der Waals surface area contributed by atoms with Gasteiger partial charge in [-0.15, -0.1) is 0 Å². The van der Waals surface area contributed by atoms with E-state index in [0.29, 0.717) is 23.8 Å². The summed E-state index contributed by atoms with van der Waals surface area (Å²) in [5.74, 6) is -1.57. The molecular weight excluding hydrogens is 436 g/mol. The van der Waals surface area contributed by atoms with Gasteiger partial charge in [0.1, 0.15) is 5.52 Å². The molecule has 3 N–H and O–H groups in total. The van der Waals surface area contributed by atoms with Crippen molar-refractivity contribution in [2.45, 2.75) is 58.0 Å². The molecule has 184 valence electrons. The molecule has 9 nitrogen and oxygen atoms in total. The Morgan fingerprint density at radius 3 is 2.26 bits per heavy atom. The number of likely N-dealkylation sites (tertiary alicyclic amines) is 1. The molecule has 1 aliphatic carbocycles. The average molecular weight is 471 g/mol. The number of carbonyl (C=O) groups is 3. The number of nitrogens with zero attached hydrogens (tertiary/aromatic N) is 3. The van der Waals surface area contributed by atoms with Gasteiger partial charge >= 0.3 is 11.9 Å². The van der Waals surface area contributed by atoms with Crippen LogP contribution in [0.2, 0.25) is 0 Å². The standard InChI is InChI=1S/C21H30N4O.C4H4O4/c1-15(2)25-14-17-7-4-8-19(20(17)23-25)21(26)22-18-9-11-24(12-10-18)13-16-5-3-6-16;5-3(6)1-2-4(7)8/h4,7-8,14-16,18H,3,5-6,9-13H2,1-2H3,(H,22,26);1-2H,(H,5,6)(H,7,8). The van der Waals surface area contributed by atoms with E-state index in [2.05, 4.69) is 29.2 Å². The summed E-state index contributed by atoms with van der Waals surface area (Å²) in [5.41, 5.74) is 1.50. The highest BCUT2D eigenvalue weighted by Gasteiger charge is 2.26. The predicted octanol–water partition coefficient (Wildman–Crippen LogP) is 3.32. The first-order chi connectivity index (χ1) is 16.2. The number of fused-ring (bicyclic) bond motifs is 1. The number of aliphatic carboxylic acids is 2. The molecule has 1 amide bonds. The zero-order valence-electron chi connectivity index (χ0n) is 19.8. The Morgan fingerprint density at radius 1 is 1.09 bits per heavy atom. The zero-order chi connectivity index (χ0) is 24.7. The molecule has 0 bridgehead atoms. The molecule has 0 spiro atoms. The smallest absolute Gasteiger partial charge is 0.328 e. The summed E-state index contributed by atoms with van der Waals surface area (Å²) in [6, 6.07) is 6.43. The molecule has 2 heterocycles. The van der Waals surface area contributed by atoms with Crippen LogP contribution in [0.5, 0.6) is 0 Å². The number of rotatable bonds is 7. The summed E-state index contributed by atoms with van der Waals surface area (Å²) in [7, 11) is 0. The second kappa shape index (κ2) is 11.8. The number of amides is 1. The maximum absolute atomic E-state index is 12.8. The van der Waals surface area contributed by atoms with Crippen LogP contribution in [0, 0.1) is 5.92 Å². The van der Waals surface area contributed by atoms with Gasteiger partial charge in [-0.2, -0.15) is 5.10 Å². The van der Waals surface area contributed by atoms with Crippen LogP contribution in [-0.2, 0) is 9.59 Å². The quantitative estimate of drug-likeness (QED) is 0.530. The van der Waals surface area contributed by atoms with Crippen LogP contribution >= 0.6 is 0 Å². The van der Waals surface area contributed by atoms with Crippen molar-refractivity contribution in [2.24, 2.45) is 5.92 Å². The fraction of sp³-hybridized carbons (Fsp3) is 0.520. The van der Waals surface area contributed by atoms with Gasteiger partial charge in [0.05, 0.1) is 5.56 Å². The average Bonchev–Trinajstić information content (AvgIpc) is 3.21. The molecule has 2 aromatic rings. The molecule has 34 heavy (non-hydrogen) atoms. The summed E-state index contributed by atoms with van der Waals surface area (Å²) in [4.78, 5) is 34.5. The summed E-state index contributed by atoms with van der Waals surface area (Å²) in [5, 5.41) is 24.5. The van der Waals surface area contributed by atoms with Crippen LogP contribution < -0.4 is 5.32 Å². The van der Waals surface area contributed by atoms with Gasteiger partial charge in [-0.1, -0.05) is 18.6 Å². The summed E-state index contributed by atoms with van der Waals surface area (Å²) in [6.07, 6.45) is 9.47. The Labute approximate surface area is 199 Å². The second-order valence-corrected chi connectivity index (χ2v) is 9.30. The minimum Gasteiger partial charge on any atom is -0.478 e. The second-order valence-electron chi connectivity index (χ2n) is 9.30. The number of carboxylic acids is 2. The molecule has 4 rings (SSSR count). The topological polar surface area (TPSA) is 125 Å². The van der Waals surface area contributed by atoms with Gasteiger partial charge in [-0.3, -0.25) is 9.48 Å². The third-order valence-corrected chi connectivity index (χ3v) is 6.36. The monoisotopic (exact) mass is 470 g/mol. The summed E-state index contributed by atoms with van der Waals surface area (Å²) in [6.45, 7) is 7.67. The number of carbonyl (C=O) groups excluding carboxylic acids is 1. The minimum absolute atomic E-state index is 0.0158. The van der Waals surface area contributed by atoms with E-state index in [9.17, 15) is 14.4 Å². The van der Waals surface area contributed by atoms with Gasteiger partial charge in [0, 0.05) is 55.5 Å². The van der Waals surface area contributed by atoms with Crippen molar-refractivity contribution in [1.82, 2.24) is 20.0 Å². The van der Waals surface area contributed by atoms with Crippen molar-refractivity contribution in [2.75, 3.05) is 19.6 Å². The molecule has 2 aliphatic rings. The van der Waals surface area contributed by atoms with Crippen LogP contribution in [-0.4, -0.2) is 68.4 Å². The van der Waals surface area contributed by atoms with Crippen LogP contribution in [0.4, 0.5) is 0 Å². The lowest BCUT2D eigenvalue weighted by atomic mass is 9.84. The normalized spacial score (nSPS) is 17.4. The Hall–Kier alpha value is -3.20. The maximum atomic E-state index is 12.8. The lowest BCUT2D eigenvalue weighted by molar-refractivity contribution is -0.134. The van der Waals surface area contributed by atoms with Crippen molar-refractivity contribution < 1.29 is 24.6 Å². The Balaban J connectivity index is 0.000000350. The molecule has 1 aromatic heterocycles. The van der Waals surface area contributed by atoms with Crippen LogP contribution in [0.25, 0.3) is 10.9 Å². The van der Waals surface area contributed by atoms with E-state index in [4.69, 9.17) is 10.2 Å². The lowest BCUT2D eigenvalue weighted by Crippen LogP contribution is -2.46. The van der Waals surface area contributed by atoms with Crippen molar-refractivity contribution in [3.63, 3.8) is 0 Å². The minimum atomic E-state index is -1.26. The SMILES string of the molecule is CC(C)n1cc2cccc(C(=O)NC3CCN(CC4CCC4)CC3)c2n1.O=C(O)C=CC(=O)O. The van der Waals surface area contributed by atoms with E-state index in [1.54, 1.807) is 0 Å². The number of benzene rings is 1. The van der Waals surface area contributed by atoms with Gasteiger partial charge in [-0.25, -0.2) is 9.59 Å². The van der Waals surface area contributed by atoms with Gasteiger partial charge in [-0.05, 0) is 51.5 Å². The predicted molar refractivity (Wildman–Crippen MR) is 129 cm³/mol. The first-order valence-corrected chi connectivity index (χ1v) is 11.9. The summed E-state index contributed by atoms with van der Waals surface area (Å²) < 4.78 is 1.93. The van der Waals surface area contributed by atoms with Crippen molar-refractivity contribution in [3.8, 4) is 0 Å². The number of carboxylic acid groups (broad SMARTS) is 2. The molecular formula is C25H34N4O5. The van der Waals surface area contributed by atoms with Crippen LogP contribution in [0.3, 0.4) is 0 Å². The third kappa shape index (κ3) is 7.15. The maximum Gasteiger partial charge on any atom is 0.328 e. The van der Waals surface area contributed by atoms with E-state index in [-0.39, 0.29) is 11.9 Å². The molecule has 0 unspecified atom stereocenters. The molecule has 9 heteroatoms. The first-order valence-electron chi connectivity index (χ1n) is 11.9. The van der Waals surface area contributed by atoms with Crippen molar-refractivity contribution in [1.29, 1.82) is 0 Å². The Morgan fingerprint density at radius 2 is 1.74 bits per heavy atom. The summed E-state index contributed by atoms with van der Waals surface area (Å²) >= 11 is 0. The van der Waals surface area contributed by atoms with Gasteiger partial charge in [0.15, 0.2) is 0 Å². The number of nitrogens with one attached hydrogen (secondary N) is 1. The van der Waals surface area contributed by atoms with E-state index in [1.165, 1.54) is 25.8 Å². The fourth-order valence-electron chi connectivity index (χ4n) is 4.22. The van der Waals surface area contributed by atoms with E-state index in [0.717, 1.165) is 42.8 Å². The van der Waals surface area contributed by atoms with Crippen LogP contribution in [0.1, 0.15) is 62.4 Å². The van der Waals surface area contributed by atoms with E-state index >= 15 is 0 Å². The fourth-order valence-corrected chi connectivity index (χ4v) is 4.22. The molecule has 2 fully saturated rings. The number of piperidine rings is 1. The molecule has 1 aliphatic heterocycles. The number of aromatic nitrogens is 2. The molecule has 1 aromatic carbocycles. The largest absolute Gasteiger partial charge is 0.478 e. The number of hydrogen-bond acceptors (Lipinski definition) is 5. The van der Waals surface area contributed by atoms with Gasteiger partial charge in [0.25, 0.3) is 5.91 Å². The Kier molecular flexibility index (Phi) is 8.81. The highest BCUT2D eigenvalue weighted by molar-refractivity contribution is 6.05. The third-order valence-electron chi connectivity index (χ3n) is 6.36. The molecule has 0 atom stereocenters. The number of hydrogen-bond donors (Lipinski definition) is 3. The van der Waals surface area contributed by atoms with E-state index < -0.39 is 11.9 Å². The molecule has 1 saturated carbocycles. The van der Waals surface area contributed by atoms with Crippen molar-refractivity contribution >= 4 is 28.7 Å². The highest BCUT2D eigenvalue weighted by atomic mass is 16.4. The molecule has 1 saturated heterocycles. The first kappa shape index (κ1) is 25.4. The molecule has 0 radical (unpaired) electrons. The zero-order valence-corrected chi connectivity index (χ0v) is 19.8. The van der Waals surface area contributed by atoms with Crippen LogP contribution in [0.15, 0.2) is 36.5 Å².